The van der Waals surface area contributed by atoms with E-state index in [1.165, 1.54) is 12.1 Å². The zero-order valence-electron chi connectivity index (χ0n) is 11.3. The highest BCUT2D eigenvalue weighted by Gasteiger charge is 2.19. The summed E-state index contributed by atoms with van der Waals surface area (Å²) < 4.78 is 26.9. The molecular weight excluding hydrogens is 333 g/mol. The fourth-order valence-electron chi connectivity index (χ4n) is 1.65. The number of nitrogens with one attached hydrogen (secondary N) is 1. The monoisotopic (exact) mass is 345 g/mol. The van der Waals surface area contributed by atoms with Gasteiger partial charge in [-0.05, 0) is 23.6 Å². The van der Waals surface area contributed by atoms with E-state index in [4.69, 9.17) is 23.2 Å². The van der Waals surface area contributed by atoms with Crippen LogP contribution in [0.4, 0.5) is 5.69 Å². The van der Waals surface area contributed by atoms with Crippen LogP contribution in [0.1, 0.15) is 25.3 Å². The van der Waals surface area contributed by atoms with Gasteiger partial charge in [-0.1, -0.05) is 49.2 Å². The van der Waals surface area contributed by atoms with Crippen molar-refractivity contribution in [2.24, 2.45) is 0 Å². The zero-order chi connectivity index (χ0) is 15.6. The first kappa shape index (κ1) is 16.0. The molecule has 0 amide bonds. The Morgan fingerprint density at radius 3 is 2.05 bits per heavy atom. The molecule has 1 N–H and O–H groups in total. The molecular formula is C13H13Cl2N3O2S. The van der Waals surface area contributed by atoms with Crippen LogP contribution >= 0.6 is 23.2 Å². The Bertz CT molecular complexity index is 726. The number of rotatable bonds is 4. The molecule has 5 nitrogen and oxygen atoms in total. The first-order valence-electron chi connectivity index (χ1n) is 6.10. The van der Waals surface area contributed by atoms with Crippen LogP contribution in [0.2, 0.25) is 10.3 Å². The second-order valence-electron chi connectivity index (χ2n) is 4.66. The molecule has 0 saturated carbocycles. The molecule has 0 aliphatic rings. The molecule has 0 atom stereocenters. The minimum atomic E-state index is -3.80. The molecule has 2 rings (SSSR count). The minimum Gasteiger partial charge on any atom is -0.274 e. The first-order chi connectivity index (χ1) is 9.81. The van der Waals surface area contributed by atoms with Crippen LogP contribution < -0.4 is 4.72 Å². The second kappa shape index (κ2) is 6.17. The van der Waals surface area contributed by atoms with Crippen LogP contribution in [-0.4, -0.2) is 18.4 Å². The summed E-state index contributed by atoms with van der Waals surface area (Å²) in [6.07, 6.45) is 1.15. The largest absolute Gasteiger partial charge is 0.274 e. The van der Waals surface area contributed by atoms with Crippen LogP contribution in [0, 0.1) is 0 Å². The lowest BCUT2D eigenvalue weighted by Gasteiger charge is -2.11. The van der Waals surface area contributed by atoms with Crippen molar-refractivity contribution < 1.29 is 8.42 Å². The number of halogens is 2. The molecule has 0 radical (unpaired) electrons. The van der Waals surface area contributed by atoms with Gasteiger partial charge < -0.3 is 0 Å². The predicted octanol–water partition coefficient (Wildman–Crippen LogP) is 3.71. The van der Waals surface area contributed by atoms with E-state index in [0.717, 1.165) is 11.9 Å². The Hall–Kier alpha value is -1.37. The number of hydrogen-bond donors (Lipinski definition) is 1. The molecule has 1 aromatic carbocycles. The molecule has 0 bridgehead atoms. The van der Waals surface area contributed by atoms with Crippen molar-refractivity contribution in [1.82, 2.24) is 9.97 Å². The highest BCUT2D eigenvalue weighted by molar-refractivity contribution is 7.92. The summed E-state index contributed by atoms with van der Waals surface area (Å²) in [6.45, 7) is 4.06. The Balaban J connectivity index is 2.34. The fraction of sp³-hybridized carbons (Fsp3) is 0.231. The van der Waals surface area contributed by atoms with Crippen molar-refractivity contribution in [1.29, 1.82) is 0 Å². The van der Waals surface area contributed by atoms with Gasteiger partial charge in [-0.2, -0.15) is 0 Å². The Labute approximate surface area is 133 Å². The molecule has 0 aliphatic carbocycles. The van der Waals surface area contributed by atoms with Gasteiger partial charge >= 0.3 is 0 Å². The summed E-state index contributed by atoms with van der Waals surface area (Å²) in [6, 6.07) is 6.60. The lowest BCUT2D eigenvalue weighted by molar-refractivity contribution is 0.601. The summed E-state index contributed by atoms with van der Waals surface area (Å²) >= 11 is 11.7. The van der Waals surface area contributed by atoms with Gasteiger partial charge in [0.1, 0.15) is 12.0 Å². The van der Waals surface area contributed by atoms with E-state index in [-0.39, 0.29) is 20.9 Å². The van der Waals surface area contributed by atoms with Gasteiger partial charge in [-0.15, -0.1) is 0 Å². The van der Waals surface area contributed by atoms with Gasteiger partial charge in [0, 0.05) is 0 Å². The molecule has 0 aliphatic heterocycles. The van der Waals surface area contributed by atoms with Gasteiger partial charge in [-0.3, -0.25) is 4.72 Å². The average molecular weight is 346 g/mol. The van der Waals surface area contributed by atoms with Gasteiger partial charge in [0.05, 0.1) is 4.90 Å². The third kappa shape index (κ3) is 3.64. The van der Waals surface area contributed by atoms with E-state index < -0.39 is 10.0 Å². The first-order valence-corrected chi connectivity index (χ1v) is 8.34. The number of benzene rings is 1. The van der Waals surface area contributed by atoms with Gasteiger partial charge in [0.25, 0.3) is 10.0 Å². The molecule has 2 aromatic rings. The maximum atomic E-state index is 12.3. The van der Waals surface area contributed by atoms with Gasteiger partial charge in [0.15, 0.2) is 10.3 Å². The second-order valence-corrected chi connectivity index (χ2v) is 7.06. The highest BCUT2D eigenvalue weighted by Crippen LogP contribution is 2.28. The number of aromatic nitrogens is 2. The van der Waals surface area contributed by atoms with Gasteiger partial charge in [-0.25, -0.2) is 18.4 Å². The standard InChI is InChI=1S/C13H13Cl2N3O2S/c1-8(2)9-3-5-10(6-4-9)21(19,20)18-11-12(14)16-7-17-13(11)15/h3-8,18H,1-2H3. The molecule has 21 heavy (non-hydrogen) atoms. The minimum absolute atomic E-state index is 0.0335. The summed E-state index contributed by atoms with van der Waals surface area (Å²) in [5.74, 6) is 0.320. The maximum absolute atomic E-state index is 12.3. The third-order valence-corrected chi connectivity index (χ3v) is 4.79. The number of hydrogen-bond acceptors (Lipinski definition) is 4. The molecule has 0 unspecified atom stereocenters. The average Bonchev–Trinajstić information content (AvgIpc) is 2.43. The van der Waals surface area contributed by atoms with Crippen molar-refractivity contribution >= 4 is 38.9 Å². The Morgan fingerprint density at radius 1 is 1.05 bits per heavy atom. The van der Waals surface area contributed by atoms with E-state index in [1.807, 2.05) is 13.8 Å². The van der Waals surface area contributed by atoms with Crippen LogP contribution in [0.3, 0.4) is 0 Å². The van der Waals surface area contributed by atoms with E-state index in [2.05, 4.69) is 14.7 Å². The number of sulfonamides is 1. The van der Waals surface area contributed by atoms with E-state index in [0.29, 0.717) is 5.92 Å². The fourth-order valence-corrected chi connectivity index (χ4v) is 3.25. The van der Waals surface area contributed by atoms with Crippen molar-refractivity contribution in [3.63, 3.8) is 0 Å². The molecule has 8 heteroatoms. The normalized spacial score (nSPS) is 11.7. The van der Waals surface area contributed by atoms with Crippen LogP contribution in [0.5, 0.6) is 0 Å². The third-order valence-electron chi connectivity index (χ3n) is 2.85. The number of nitrogens with zero attached hydrogens (tertiary/aromatic N) is 2. The molecule has 0 fully saturated rings. The van der Waals surface area contributed by atoms with E-state index in [1.54, 1.807) is 12.1 Å². The maximum Gasteiger partial charge on any atom is 0.262 e. The quantitative estimate of drug-likeness (QED) is 0.857. The van der Waals surface area contributed by atoms with Crippen LogP contribution in [0.15, 0.2) is 35.5 Å². The molecule has 0 saturated heterocycles. The lowest BCUT2D eigenvalue weighted by Crippen LogP contribution is -2.14. The molecule has 1 aromatic heterocycles. The van der Waals surface area contributed by atoms with Crippen molar-refractivity contribution in [2.45, 2.75) is 24.7 Å². The lowest BCUT2D eigenvalue weighted by atomic mass is 10.0. The van der Waals surface area contributed by atoms with Crippen LogP contribution in [0.25, 0.3) is 0 Å². The SMILES string of the molecule is CC(C)c1ccc(S(=O)(=O)Nc2c(Cl)ncnc2Cl)cc1. The number of anilines is 1. The molecule has 112 valence electrons. The molecule has 1 heterocycles. The zero-order valence-corrected chi connectivity index (χ0v) is 13.7. The predicted molar refractivity (Wildman–Crippen MR) is 83.4 cm³/mol. The Morgan fingerprint density at radius 2 is 1.57 bits per heavy atom. The van der Waals surface area contributed by atoms with Gasteiger partial charge in [0.2, 0.25) is 0 Å². The van der Waals surface area contributed by atoms with Crippen molar-refractivity contribution in [3.05, 3.63) is 46.5 Å². The summed E-state index contributed by atoms with van der Waals surface area (Å²) in [5, 5.41) is -0.116. The highest BCUT2D eigenvalue weighted by atomic mass is 35.5. The van der Waals surface area contributed by atoms with E-state index in [9.17, 15) is 8.42 Å². The van der Waals surface area contributed by atoms with E-state index >= 15 is 0 Å². The summed E-state index contributed by atoms with van der Waals surface area (Å²) in [5.41, 5.74) is 1.02. The topological polar surface area (TPSA) is 72.0 Å². The summed E-state index contributed by atoms with van der Waals surface area (Å²) in [4.78, 5) is 7.51. The Kier molecular flexibility index (Phi) is 4.70. The van der Waals surface area contributed by atoms with Crippen molar-refractivity contribution in [3.8, 4) is 0 Å². The van der Waals surface area contributed by atoms with Crippen LogP contribution in [-0.2, 0) is 10.0 Å². The smallest absolute Gasteiger partial charge is 0.262 e. The van der Waals surface area contributed by atoms with Crippen molar-refractivity contribution in [2.75, 3.05) is 4.72 Å². The molecule has 0 spiro atoms. The summed E-state index contributed by atoms with van der Waals surface area (Å²) in [7, 11) is -3.80.